The molecule has 6 nitrogen and oxygen atoms in total. The summed E-state index contributed by atoms with van der Waals surface area (Å²) in [5.74, 6) is 0. The number of aryl methyl sites for hydroxylation is 3. The Labute approximate surface area is 213 Å². The van der Waals surface area contributed by atoms with Crippen molar-refractivity contribution < 1.29 is 4.74 Å². The number of thiocarbonyl (C=S) groups is 1. The summed E-state index contributed by atoms with van der Waals surface area (Å²) in [5.41, 5.74) is 8.65. The molecule has 2 aliphatic heterocycles. The van der Waals surface area contributed by atoms with E-state index in [9.17, 15) is 0 Å². The predicted octanol–water partition coefficient (Wildman–Crippen LogP) is 4.41. The van der Waals surface area contributed by atoms with Gasteiger partial charge in [-0.05, 0) is 74.8 Å². The topological polar surface area (TPSA) is 45.6 Å². The number of morpholine rings is 1. The quantitative estimate of drug-likeness (QED) is 0.518. The van der Waals surface area contributed by atoms with E-state index in [1.54, 1.807) is 0 Å². The highest BCUT2D eigenvalue weighted by Crippen LogP contribution is 2.41. The van der Waals surface area contributed by atoms with Crippen LogP contribution >= 0.6 is 12.2 Å². The molecule has 1 N–H and O–H groups in total. The smallest absolute Gasteiger partial charge is 0.170 e. The molecule has 184 valence electrons. The van der Waals surface area contributed by atoms with Crippen LogP contribution in [-0.2, 0) is 4.74 Å². The third-order valence-electron chi connectivity index (χ3n) is 7.41. The van der Waals surface area contributed by atoms with Crippen LogP contribution in [0.3, 0.4) is 0 Å². The van der Waals surface area contributed by atoms with E-state index in [2.05, 4.69) is 83.8 Å². The van der Waals surface area contributed by atoms with Crippen LogP contribution in [0.4, 0.5) is 0 Å². The van der Waals surface area contributed by atoms with Gasteiger partial charge in [0.25, 0.3) is 0 Å². The third kappa shape index (κ3) is 4.60. The zero-order chi connectivity index (χ0) is 24.5. The fourth-order valence-electron chi connectivity index (χ4n) is 5.65. The maximum Gasteiger partial charge on any atom is 0.170 e. The first-order valence-corrected chi connectivity index (χ1v) is 12.9. The van der Waals surface area contributed by atoms with Gasteiger partial charge in [0.15, 0.2) is 5.11 Å². The minimum Gasteiger partial charge on any atom is -0.379 e. The van der Waals surface area contributed by atoms with Crippen LogP contribution in [0.2, 0.25) is 0 Å². The Balaban J connectivity index is 1.55. The minimum atomic E-state index is 0.000284. The van der Waals surface area contributed by atoms with Gasteiger partial charge in [0.2, 0.25) is 0 Å². The monoisotopic (exact) mass is 489 g/mol. The summed E-state index contributed by atoms with van der Waals surface area (Å²) in [7, 11) is 0. The molecule has 0 bridgehead atoms. The van der Waals surface area contributed by atoms with E-state index < -0.39 is 0 Å². The minimum absolute atomic E-state index is 0.000284. The number of pyridine rings is 1. The van der Waals surface area contributed by atoms with Gasteiger partial charge < -0.3 is 19.5 Å². The standard InChI is InChI=1S/C28H35N5OS/c1-19-8-7-9-20(2)26(19)33-21(3)18-23(22(33)4)27-25(24-10-5-6-11-29-24)30-28(35)32(27)13-12-31-14-16-34-17-15-31/h5-11,18,25,27H,12-17H2,1-4H3,(H,30,35)/t25-,27+/m0/s1. The summed E-state index contributed by atoms with van der Waals surface area (Å²) in [6.45, 7) is 14.2. The summed E-state index contributed by atoms with van der Waals surface area (Å²) in [5, 5.41) is 4.42. The number of nitrogens with zero attached hydrogens (tertiary/aromatic N) is 4. The van der Waals surface area contributed by atoms with Crippen molar-refractivity contribution in [2.45, 2.75) is 39.8 Å². The fraction of sp³-hybridized carbons (Fsp3) is 0.429. The van der Waals surface area contributed by atoms with E-state index in [1.807, 2.05) is 12.3 Å². The molecule has 4 heterocycles. The number of benzene rings is 1. The van der Waals surface area contributed by atoms with Gasteiger partial charge in [0, 0.05) is 43.8 Å². The van der Waals surface area contributed by atoms with Crippen LogP contribution in [0.25, 0.3) is 5.69 Å². The van der Waals surface area contributed by atoms with Crippen molar-refractivity contribution >= 4 is 17.3 Å². The Morgan fingerprint density at radius 3 is 2.43 bits per heavy atom. The average Bonchev–Trinajstić information content (AvgIpc) is 3.34. The molecule has 2 atom stereocenters. The molecular weight excluding hydrogens is 454 g/mol. The number of hydrogen-bond acceptors (Lipinski definition) is 4. The number of aromatic nitrogens is 2. The highest BCUT2D eigenvalue weighted by atomic mass is 32.1. The second-order valence-electron chi connectivity index (χ2n) is 9.68. The van der Waals surface area contributed by atoms with E-state index >= 15 is 0 Å². The highest BCUT2D eigenvalue weighted by molar-refractivity contribution is 7.80. The highest BCUT2D eigenvalue weighted by Gasteiger charge is 2.41. The first kappa shape index (κ1) is 24.0. The Hall–Kier alpha value is -2.74. The Morgan fingerprint density at radius 2 is 1.74 bits per heavy atom. The first-order chi connectivity index (χ1) is 17.0. The lowest BCUT2D eigenvalue weighted by Crippen LogP contribution is -2.42. The molecule has 2 fully saturated rings. The van der Waals surface area contributed by atoms with Crippen LogP contribution in [0, 0.1) is 27.7 Å². The van der Waals surface area contributed by atoms with Crippen LogP contribution in [0.1, 0.15) is 45.9 Å². The summed E-state index contributed by atoms with van der Waals surface area (Å²) >= 11 is 5.92. The number of ether oxygens (including phenoxy) is 1. The predicted molar refractivity (Wildman–Crippen MR) is 144 cm³/mol. The van der Waals surface area contributed by atoms with Crippen molar-refractivity contribution in [3.05, 3.63) is 82.4 Å². The normalized spacial score (nSPS) is 20.9. The van der Waals surface area contributed by atoms with Gasteiger partial charge in [-0.15, -0.1) is 0 Å². The molecule has 0 spiro atoms. The van der Waals surface area contributed by atoms with Crippen molar-refractivity contribution in [2.24, 2.45) is 0 Å². The van der Waals surface area contributed by atoms with Crippen molar-refractivity contribution in [1.82, 2.24) is 24.7 Å². The Kier molecular flexibility index (Phi) is 6.91. The second kappa shape index (κ2) is 10.1. The van der Waals surface area contributed by atoms with Crippen LogP contribution in [0.15, 0.2) is 48.7 Å². The summed E-state index contributed by atoms with van der Waals surface area (Å²) < 4.78 is 7.96. The number of rotatable bonds is 6. The number of para-hydroxylation sites is 1. The van der Waals surface area contributed by atoms with Gasteiger partial charge in [0.1, 0.15) is 0 Å². The molecule has 3 aromatic rings. The lowest BCUT2D eigenvalue weighted by Gasteiger charge is -2.32. The molecule has 2 aromatic heterocycles. The number of hydrogen-bond donors (Lipinski definition) is 1. The molecule has 2 aliphatic rings. The average molecular weight is 490 g/mol. The van der Waals surface area contributed by atoms with Crippen molar-refractivity contribution in [3.8, 4) is 5.69 Å². The molecule has 2 saturated heterocycles. The van der Waals surface area contributed by atoms with E-state index in [0.717, 1.165) is 50.2 Å². The lowest BCUT2D eigenvalue weighted by atomic mass is 9.96. The van der Waals surface area contributed by atoms with Crippen LogP contribution in [0.5, 0.6) is 0 Å². The van der Waals surface area contributed by atoms with Crippen molar-refractivity contribution in [2.75, 3.05) is 39.4 Å². The van der Waals surface area contributed by atoms with Gasteiger partial charge in [-0.3, -0.25) is 9.88 Å². The summed E-state index contributed by atoms with van der Waals surface area (Å²) in [6, 6.07) is 15.1. The third-order valence-corrected chi connectivity index (χ3v) is 7.76. The van der Waals surface area contributed by atoms with Gasteiger partial charge in [-0.2, -0.15) is 0 Å². The van der Waals surface area contributed by atoms with Gasteiger partial charge >= 0.3 is 0 Å². The molecule has 0 unspecified atom stereocenters. The fourth-order valence-corrected chi connectivity index (χ4v) is 5.98. The summed E-state index contributed by atoms with van der Waals surface area (Å²) in [6.07, 6.45) is 1.87. The molecule has 0 aliphatic carbocycles. The van der Waals surface area contributed by atoms with Gasteiger partial charge in [-0.1, -0.05) is 24.3 Å². The molecule has 0 amide bonds. The molecule has 5 rings (SSSR count). The van der Waals surface area contributed by atoms with Crippen LogP contribution < -0.4 is 5.32 Å². The van der Waals surface area contributed by atoms with Crippen LogP contribution in [-0.4, -0.2) is 63.9 Å². The van der Waals surface area contributed by atoms with Crippen molar-refractivity contribution in [3.63, 3.8) is 0 Å². The van der Waals surface area contributed by atoms with Gasteiger partial charge in [-0.25, -0.2) is 0 Å². The second-order valence-corrected chi connectivity index (χ2v) is 10.1. The Bertz CT molecular complexity index is 1180. The van der Waals surface area contributed by atoms with Gasteiger partial charge in [0.05, 0.1) is 36.7 Å². The van der Waals surface area contributed by atoms with E-state index in [0.29, 0.717) is 0 Å². The molecule has 0 saturated carbocycles. The molecule has 7 heteroatoms. The summed E-state index contributed by atoms with van der Waals surface area (Å²) in [4.78, 5) is 9.56. The first-order valence-electron chi connectivity index (χ1n) is 12.5. The molecule has 1 aromatic carbocycles. The van der Waals surface area contributed by atoms with E-state index in [1.165, 1.54) is 33.8 Å². The molecule has 0 radical (unpaired) electrons. The Morgan fingerprint density at radius 1 is 1.00 bits per heavy atom. The zero-order valence-corrected chi connectivity index (χ0v) is 21.9. The lowest BCUT2D eigenvalue weighted by molar-refractivity contribution is 0.0350. The zero-order valence-electron chi connectivity index (χ0n) is 21.1. The maximum atomic E-state index is 5.92. The maximum absolute atomic E-state index is 5.92. The van der Waals surface area contributed by atoms with E-state index in [4.69, 9.17) is 21.9 Å². The molecule has 35 heavy (non-hydrogen) atoms. The number of nitrogens with one attached hydrogen (secondary N) is 1. The molecular formula is C28H35N5OS. The largest absolute Gasteiger partial charge is 0.379 e. The SMILES string of the molecule is Cc1cccc(C)c1-n1c(C)cc([C@@H]2[C@H](c3ccccn3)NC(=S)N2CCN2CCOCC2)c1C. The van der Waals surface area contributed by atoms with Crippen molar-refractivity contribution in [1.29, 1.82) is 0 Å². The van der Waals surface area contributed by atoms with E-state index in [-0.39, 0.29) is 12.1 Å².